The van der Waals surface area contributed by atoms with E-state index in [1.807, 2.05) is 0 Å². The summed E-state index contributed by atoms with van der Waals surface area (Å²) >= 11 is 0. The Bertz CT molecular complexity index is 320. The molecule has 0 aromatic heterocycles. The van der Waals surface area contributed by atoms with Crippen LogP contribution in [0, 0.1) is 0 Å². The molecule has 0 atom stereocenters. The van der Waals surface area contributed by atoms with E-state index in [1.54, 1.807) is 5.87 Å². The second kappa shape index (κ2) is 7.04. The maximum absolute atomic E-state index is 7.97. The zero-order chi connectivity index (χ0) is 12.6. The number of nitrogens with zero attached hydrogens (tertiary/aromatic N) is 6. The van der Waals surface area contributed by atoms with E-state index in [2.05, 4.69) is 34.6 Å². The molecule has 94 valence electrons. The van der Waals surface area contributed by atoms with E-state index in [0.717, 1.165) is 0 Å². The topological polar surface area (TPSA) is 71.7 Å². The van der Waals surface area contributed by atoms with Crippen molar-refractivity contribution in [3.8, 4) is 0 Å². The first-order chi connectivity index (χ1) is 8.20. The fraction of sp³-hybridized carbons (Fsp3) is 0.818. The van der Waals surface area contributed by atoms with Crippen LogP contribution in [0.5, 0.6) is 0 Å². The van der Waals surface area contributed by atoms with Crippen LogP contribution < -0.4 is 0 Å². The lowest BCUT2D eigenvalue weighted by molar-refractivity contribution is -0.897. The number of likely N-dealkylation sites (tertiary alicyclic amines) is 1. The van der Waals surface area contributed by atoms with E-state index >= 15 is 0 Å². The van der Waals surface area contributed by atoms with Crippen molar-refractivity contribution >= 4 is 5.87 Å². The molecule has 1 saturated heterocycles. The molecule has 0 saturated carbocycles. The fourth-order valence-corrected chi connectivity index (χ4v) is 2.05. The minimum atomic E-state index is 0.0139. The molecule has 2 rings (SSSR count). The third-order valence-corrected chi connectivity index (χ3v) is 3.12. The van der Waals surface area contributed by atoms with Gasteiger partial charge in [0.25, 0.3) is 0 Å². The Morgan fingerprint density at radius 2 is 1.82 bits per heavy atom. The Labute approximate surface area is 102 Å². The summed E-state index contributed by atoms with van der Waals surface area (Å²) in [4.78, 5) is 0. The first-order valence-electron chi connectivity index (χ1n) is 6.12. The Morgan fingerprint density at radius 1 is 1.24 bits per heavy atom. The maximum Gasteiger partial charge on any atom is 0.219 e. The third kappa shape index (κ3) is 4.97. The second-order valence-electron chi connectivity index (χ2n) is 4.67. The molecule has 6 nitrogen and oxygen atoms in total. The van der Waals surface area contributed by atoms with Gasteiger partial charge in [-0.15, -0.1) is 0 Å². The number of unbranched alkanes of at least 4 members (excludes halogenated alkanes) is 1. The Hall–Kier alpha value is -1.39. The van der Waals surface area contributed by atoms with Crippen molar-refractivity contribution in [2.24, 2.45) is 20.7 Å². The third-order valence-electron chi connectivity index (χ3n) is 3.12. The number of rotatable bonds is 3. The van der Waals surface area contributed by atoms with Crippen LogP contribution >= 0.6 is 0 Å². The molecule has 2 aliphatic heterocycles. The Balaban J connectivity index is 0.000000181. The SMILES string of the molecule is CCCC[N+]1(C)CCCC1.[N-]=C=C1N=NN=N1. The smallest absolute Gasteiger partial charge is 0.219 e. The highest BCUT2D eigenvalue weighted by Gasteiger charge is 2.25. The van der Waals surface area contributed by atoms with E-state index in [-0.39, 0.29) is 5.82 Å². The van der Waals surface area contributed by atoms with Crippen LogP contribution in [0.1, 0.15) is 32.6 Å². The molecule has 0 spiro atoms. The van der Waals surface area contributed by atoms with Gasteiger partial charge in [0.1, 0.15) is 0 Å². The molecule has 6 heteroatoms. The molecule has 0 radical (unpaired) electrons. The molecule has 0 N–H and O–H groups in total. The van der Waals surface area contributed by atoms with Gasteiger partial charge in [0.05, 0.1) is 26.7 Å². The molecule has 17 heavy (non-hydrogen) atoms. The first-order valence-corrected chi connectivity index (χ1v) is 6.12. The van der Waals surface area contributed by atoms with Gasteiger partial charge in [-0.2, -0.15) is 0 Å². The van der Waals surface area contributed by atoms with Crippen molar-refractivity contribution in [2.75, 3.05) is 26.7 Å². The number of hydrogen-bond donors (Lipinski definition) is 0. The maximum atomic E-state index is 7.97. The summed E-state index contributed by atoms with van der Waals surface area (Å²) in [5, 5.41) is 20.5. The fourth-order valence-electron chi connectivity index (χ4n) is 2.05. The lowest BCUT2D eigenvalue weighted by atomic mass is 10.3. The van der Waals surface area contributed by atoms with Gasteiger partial charge in [0.2, 0.25) is 5.82 Å². The van der Waals surface area contributed by atoms with Crippen LogP contribution in [0.15, 0.2) is 26.5 Å². The molecule has 0 aromatic carbocycles. The molecular weight excluding hydrogens is 216 g/mol. The molecule has 2 aliphatic rings. The van der Waals surface area contributed by atoms with Crippen molar-refractivity contribution in [3.05, 3.63) is 11.2 Å². The van der Waals surface area contributed by atoms with E-state index in [0.29, 0.717) is 0 Å². The molecule has 0 unspecified atom stereocenters. The molecule has 0 aliphatic carbocycles. The van der Waals surface area contributed by atoms with E-state index < -0.39 is 0 Å². The molecule has 0 amide bonds. The molecule has 0 bridgehead atoms. The molecular formula is C11H20N6. The van der Waals surface area contributed by atoms with Crippen LogP contribution in [0.2, 0.25) is 0 Å². The van der Waals surface area contributed by atoms with Gasteiger partial charge >= 0.3 is 0 Å². The minimum Gasteiger partial charge on any atom is -0.760 e. The second-order valence-corrected chi connectivity index (χ2v) is 4.67. The summed E-state index contributed by atoms with van der Waals surface area (Å²) in [5.41, 5.74) is 0. The highest BCUT2D eigenvalue weighted by atomic mass is 15.5. The van der Waals surface area contributed by atoms with Crippen molar-refractivity contribution < 1.29 is 4.48 Å². The van der Waals surface area contributed by atoms with E-state index in [9.17, 15) is 0 Å². The van der Waals surface area contributed by atoms with Gasteiger partial charge in [-0.05, 0) is 16.9 Å². The largest absolute Gasteiger partial charge is 0.760 e. The lowest BCUT2D eigenvalue weighted by Crippen LogP contribution is -2.41. The highest BCUT2D eigenvalue weighted by molar-refractivity contribution is 5.59. The average Bonchev–Trinajstić information content (AvgIpc) is 2.99. The Morgan fingerprint density at radius 3 is 2.24 bits per heavy atom. The van der Waals surface area contributed by atoms with Crippen LogP contribution in [0.3, 0.4) is 0 Å². The summed E-state index contributed by atoms with van der Waals surface area (Å²) in [7, 11) is 2.41. The van der Waals surface area contributed by atoms with Crippen LogP contribution in [-0.2, 0) is 0 Å². The van der Waals surface area contributed by atoms with Crippen LogP contribution in [0.25, 0.3) is 5.41 Å². The van der Waals surface area contributed by atoms with Gasteiger partial charge in [0, 0.05) is 12.8 Å². The van der Waals surface area contributed by atoms with E-state index in [1.165, 1.54) is 49.8 Å². The summed E-state index contributed by atoms with van der Waals surface area (Å²) in [6.45, 7) is 6.55. The van der Waals surface area contributed by atoms with Crippen molar-refractivity contribution in [1.82, 2.24) is 0 Å². The van der Waals surface area contributed by atoms with Gasteiger partial charge in [-0.3, -0.25) is 0 Å². The number of hydrogen-bond acceptors (Lipinski definition) is 4. The summed E-state index contributed by atoms with van der Waals surface area (Å²) < 4.78 is 1.36. The Kier molecular flexibility index (Phi) is 5.66. The zero-order valence-electron chi connectivity index (χ0n) is 10.6. The monoisotopic (exact) mass is 236 g/mol. The molecule has 1 fully saturated rings. The summed E-state index contributed by atoms with van der Waals surface area (Å²) in [6.07, 6.45) is 5.69. The van der Waals surface area contributed by atoms with Crippen LogP contribution in [-0.4, -0.2) is 37.0 Å². The quantitative estimate of drug-likeness (QED) is 0.534. The predicted octanol–water partition coefficient (Wildman–Crippen LogP) is 2.93. The lowest BCUT2D eigenvalue weighted by Gasteiger charge is -2.28. The van der Waals surface area contributed by atoms with Crippen LogP contribution in [0.4, 0.5) is 0 Å². The summed E-state index contributed by atoms with van der Waals surface area (Å²) in [5.74, 6) is 1.67. The summed E-state index contributed by atoms with van der Waals surface area (Å²) in [6, 6.07) is 0. The van der Waals surface area contributed by atoms with E-state index in [4.69, 9.17) is 5.41 Å². The normalized spacial score (nSPS) is 20.0. The highest BCUT2D eigenvalue weighted by Crippen LogP contribution is 2.16. The molecule has 2 heterocycles. The average molecular weight is 236 g/mol. The standard InChI is InChI=1S/C9H20N.C2N5/c1-3-4-7-10(2)8-5-6-9-10;3-1-2-4-6-7-5-2/h3-9H2,1-2H3;/q+1;-1. The van der Waals surface area contributed by atoms with Gasteiger partial charge < -0.3 is 9.89 Å². The first kappa shape index (κ1) is 13.7. The van der Waals surface area contributed by atoms with Gasteiger partial charge in [-0.1, -0.05) is 23.6 Å². The van der Waals surface area contributed by atoms with Crippen molar-refractivity contribution in [2.45, 2.75) is 32.6 Å². The number of quaternary nitrogens is 1. The van der Waals surface area contributed by atoms with Gasteiger partial charge in [-0.25, -0.2) is 5.87 Å². The van der Waals surface area contributed by atoms with Crippen molar-refractivity contribution in [1.29, 1.82) is 0 Å². The zero-order valence-corrected chi connectivity index (χ0v) is 10.6. The predicted molar refractivity (Wildman–Crippen MR) is 66.5 cm³/mol. The van der Waals surface area contributed by atoms with Crippen molar-refractivity contribution in [3.63, 3.8) is 0 Å². The van der Waals surface area contributed by atoms with Gasteiger partial charge in [0.15, 0.2) is 0 Å². The minimum absolute atomic E-state index is 0.0139. The molecule has 0 aromatic rings.